The lowest BCUT2D eigenvalue weighted by Gasteiger charge is -2.34. The van der Waals surface area contributed by atoms with Crippen molar-refractivity contribution in [1.82, 2.24) is 9.78 Å². The topological polar surface area (TPSA) is 115 Å². The summed E-state index contributed by atoms with van der Waals surface area (Å²) in [5.74, 6) is -0.382. The van der Waals surface area contributed by atoms with E-state index in [1.807, 2.05) is 0 Å². The van der Waals surface area contributed by atoms with E-state index >= 15 is 0 Å². The van der Waals surface area contributed by atoms with Crippen LogP contribution in [-0.2, 0) is 16.6 Å². The molecule has 2 heterocycles. The number of aryl methyl sites for hydroxylation is 2. The Labute approximate surface area is 116 Å². The number of nitrogens with zero attached hydrogens (tertiary/aromatic N) is 3. The van der Waals surface area contributed by atoms with Gasteiger partial charge in [0.05, 0.1) is 11.4 Å². The molecule has 0 atom stereocenters. The van der Waals surface area contributed by atoms with Crippen molar-refractivity contribution in [2.45, 2.75) is 19.8 Å². The molecule has 1 amide bonds. The maximum Gasteiger partial charge on any atom is 0.238 e. The molecule has 1 aromatic heterocycles. The maximum atomic E-state index is 12.6. The van der Waals surface area contributed by atoms with Crippen LogP contribution in [0, 0.1) is 12.3 Å². The second kappa shape index (κ2) is 5.49. The summed E-state index contributed by atoms with van der Waals surface area (Å²) in [6, 6.07) is 0. The third-order valence-corrected chi connectivity index (χ3v) is 3.64. The van der Waals surface area contributed by atoms with Gasteiger partial charge in [-0.3, -0.25) is 9.48 Å². The molecule has 110 valence electrons. The fourth-order valence-electron chi connectivity index (χ4n) is 2.38. The Bertz CT molecular complexity index is 531. The molecule has 1 aromatic rings. The van der Waals surface area contributed by atoms with E-state index in [-0.39, 0.29) is 11.7 Å². The third-order valence-electron chi connectivity index (χ3n) is 3.64. The lowest BCUT2D eigenvalue weighted by Crippen LogP contribution is -2.50. The minimum atomic E-state index is -1.03. The number of oxime groups is 1. The molecule has 0 saturated carbocycles. The second-order valence-electron chi connectivity index (χ2n) is 4.94. The zero-order chi connectivity index (χ0) is 14.8. The molecule has 2 rings (SSSR count). The number of aromatic nitrogens is 2. The SMILES string of the molecule is Cc1nn(C)cc1NC(=O)C1(/C(N)=N/O)CCOCC1. The van der Waals surface area contributed by atoms with E-state index in [1.165, 1.54) is 0 Å². The summed E-state index contributed by atoms with van der Waals surface area (Å²) in [6.45, 7) is 2.60. The van der Waals surface area contributed by atoms with Gasteiger partial charge in [-0.25, -0.2) is 0 Å². The molecule has 20 heavy (non-hydrogen) atoms. The molecule has 4 N–H and O–H groups in total. The zero-order valence-electron chi connectivity index (χ0n) is 11.6. The van der Waals surface area contributed by atoms with Crippen molar-refractivity contribution in [2.24, 2.45) is 23.4 Å². The monoisotopic (exact) mass is 281 g/mol. The van der Waals surface area contributed by atoms with E-state index in [0.29, 0.717) is 37.4 Å². The van der Waals surface area contributed by atoms with Crippen molar-refractivity contribution < 1.29 is 14.7 Å². The average molecular weight is 281 g/mol. The Hall–Kier alpha value is -2.09. The lowest BCUT2D eigenvalue weighted by atomic mass is 9.78. The second-order valence-corrected chi connectivity index (χ2v) is 4.94. The van der Waals surface area contributed by atoms with Gasteiger partial charge in [0.25, 0.3) is 0 Å². The van der Waals surface area contributed by atoms with Gasteiger partial charge in [-0.15, -0.1) is 0 Å². The number of anilines is 1. The molecule has 0 aliphatic carbocycles. The minimum Gasteiger partial charge on any atom is -0.409 e. The van der Waals surface area contributed by atoms with Crippen molar-refractivity contribution in [1.29, 1.82) is 0 Å². The minimum absolute atomic E-state index is 0.0835. The molecule has 1 saturated heterocycles. The summed E-state index contributed by atoms with van der Waals surface area (Å²) in [7, 11) is 1.77. The Morgan fingerprint density at radius 3 is 2.75 bits per heavy atom. The van der Waals surface area contributed by atoms with Crippen LogP contribution in [0.25, 0.3) is 0 Å². The van der Waals surface area contributed by atoms with E-state index in [0.717, 1.165) is 0 Å². The summed E-state index contributed by atoms with van der Waals surface area (Å²) in [5.41, 5.74) is 6.04. The van der Waals surface area contributed by atoms with Gasteiger partial charge in [0.1, 0.15) is 5.41 Å². The van der Waals surface area contributed by atoms with Gasteiger partial charge in [-0.2, -0.15) is 5.10 Å². The summed E-state index contributed by atoms with van der Waals surface area (Å²) < 4.78 is 6.88. The lowest BCUT2D eigenvalue weighted by molar-refractivity contribution is -0.126. The third kappa shape index (κ3) is 2.46. The molecule has 0 bridgehead atoms. The largest absolute Gasteiger partial charge is 0.409 e. The predicted octanol–water partition coefficient (Wildman–Crippen LogP) is 0.210. The van der Waals surface area contributed by atoms with Crippen LogP contribution in [0.4, 0.5) is 5.69 Å². The number of amides is 1. The molecule has 0 radical (unpaired) electrons. The number of rotatable bonds is 3. The van der Waals surface area contributed by atoms with Gasteiger partial charge in [0.15, 0.2) is 5.84 Å². The highest BCUT2D eigenvalue weighted by Gasteiger charge is 2.44. The first kappa shape index (κ1) is 14.3. The standard InChI is InChI=1S/C12H19N5O3/c1-8-9(7-17(2)15-8)14-11(18)12(10(13)16-19)3-5-20-6-4-12/h7,19H,3-6H2,1-2H3,(H2,13,16)(H,14,18). The van der Waals surface area contributed by atoms with E-state index in [4.69, 9.17) is 15.7 Å². The van der Waals surface area contributed by atoms with Gasteiger partial charge >= 0.3 is 0 Å². The summed E-state index contributed by atoms with van der Waals surface area (Å²) in [4.78, 5) is 12.6. The molecule has 0 aromatic carbocycles. The van der Waals surface area contributed by atoms with Crippen LogP contribution >= 0.6 is 0 Å². The number of nitrogens with one attached hydrogen (secondary N) is 1. The molecule has 8 nitrogen and oxygen atoms in total. The van der Waals surface area contributed by atoms with Gasteiger partial charge in [-0.1, -0.05) is 5.16 Å². The van der Waals surface area contributed by atoms with Crippen LogP contribution in [0.15, 0.2) is 11.4 Å². The van der Waals surface area contributed by atoms with Crippen molar-refractivity contribution in [3.63, 3.8) is 0 Å². The fraction of sp³-hybridized carbons (Fsp3) is 0.583. The number of carbonyl (C=O) groups excluding carboxylic acids is 1. The number of amidine groups is 1. The smallest absolute Gasteiger partial charge is 0.238 e. The molecule has 8 heteroatoms. The average Bonchev–Trinajstić information content (AvgIpc) is 2.76. The molecule has 1 aliphatic rings. The Morgan fingerprint density at radius 1 is 1.60 bits per heavy atom. The van der Waals surface area contributed by atoms with Crippen LogP contribution in [0.1, 0.15) is 18.5 Å². The number of nitrogens with two attached hydrogens (primary N) is 1. The van der Waals surface area contributed by atoms with Gasteiger partial charge in [-0.05, 0) is 19.8 Å². The summed E-state index contributed by atoms with van der Waals surface area (Å²) >= 11 is 0. The molecule has 1 aliphatic heterocycles. The van der Waals surface area contributed by atoms with Crippen molar-refractivity contribution in [3.05, 3.63) is 11.9 Å². The van der Waals surface area contributed by atoms with E-state index < -0.39 is 5.41 Å². The van der Waals surface area contributed by atoms with Crippen LogP contribution in [-0.4, -0.2) is 39.9 Å². The number of ether oxygens (including phenoxy) is 1. The van der Waals surface area contributed by atoms with Crippen LogP contribution in [0.3, 0.4) is 0 Å². The number of hydrogen-bond acceptors (Lipinski definition) is 5. The highest BCUT2D eigenvalue weighted by molar-refractivity contribution is 6.12. The van der Waals surface area contributed by atoms with E-state index in [9.17, 15) is 4.79 Å². The maximum absolute atomic E-state index is 12.6. The Morgan fingerprint density at radius 2 is 2.25 bits per heavy atom. The Balaban J connectivity index is 2.25. The predicted molar refractivity (Wildman–Crippen MR) is 72.5 cm³/mol. The first-order valence-electron chi connectivity index (χ1n) is 6.37. The molecule has 0 unspecified atom stereocenters. The highest BCUT2D eigenvalue weighted by Crippen LogP contribution is 2.32. The molecular formula is C12H19N5O3. The number of carbonyl (C=O) groups is 1. The van der Waals surface area contributed by atoms with E-state index in [2.05, 4.69) is 15.6 Å². The summed E-state index contributed by atoms with van der Waals surface area (Å²) in [6.07, 6.45) is 2.48. The quantitative estimate of drug-likeness (QED) is 0.317. The molecule has 1 fully saturated rings. The van der Waals surface area contributed by atoms with Gasteiger partial charge in [0.2, 0.25) is 5.91 Å². The van der Waals surface area contributed by atoms with Crippen molar-refractivity contribution >= 4 is 17.4 Å². The zero-order valence-corrected chi connectivity index (χ0v) is 11.6. The fourth-order valence-corrected chi connectivity index (χ4v) is 2.38. The van der Waals surface area contributed by atoms with Crippen molar-refractivity contribution in [2.75, 3.05) is 18.5 Å². The first-order chi connectivity index (χ1) is 9.49. The van der Waals surface area contributed by atoms with Crippen LogP contribution in [0.2, 0.25) is 0 Å². The van der Waals surface area contributed by atoms with E-state index in [1.54, 1.807) is 24.9 Å². The van der Waals surface area contributed by atoms with Crippen LogP contribution < -0.4 is 11.1 Å². The van der Waals surface area contributed by atoms with Gasteiger partial charge in [0, 0.05) is 26.5 Å². The van der Waals surface area contributed by atoms with Gasteiger partial charge < -0.3 is 21.0 Å². The normalized spacial score (nSPS) is 18.8. The first-order valence-corrected chi connectivity index (χ1v) is 6.37. The van der Waals surface area contributed by atoms with Crippen LogP contribution in [0.5, 0.6) is 0 Å². The highest BCUT2D eigenvalue weighted by atomic mass is 16.5. The van der Waals surface area contributed by atoms with Crippen molar-refractivity contribution in [3.8, 4) is 0 Å². The number of hydrogen-bond donors (Lipinski definition) is 3. The molecule has 0 spiro atoms. The summed E-state index contributed by atoms with van der Waals surface area (Å²) in [5, 5.41) is 19.0. The molecular weight excluding hydrogens is 262 g/mol. The Kier molecular flexibility index (Phi) is 3.93.